The molecular formula is C24H23N3O3S. The first-order chi connectivity index (χ1) is 15.1. The molecule has 6 nitrogen and oxygen atoms in total. The van der Waals surface area contributed by atoms with Crippen molar-refractivity contribution in [3.63, 3.8) is 0 Å². The monoisotopic (exact) mass is 433 g/mol. The van der Waals surface area contributed by atoms with Gasteiger partial charge in [0.2, 0.25) is 0 Å². The summed E-state index contributed by atoms with van der Waals surface area (Å²) in [5.41, 5.74) is 3.38. The number of para-hydroxylation sites is 1. The number of likely N-dealkylation sites (tertiary alicyclic amines) is 1. The van der Waals surface area contributed by atoms with E-state index in [2.05, 4.69) is 11.2 Å². The van der Waals surface area contributed by atoms with Crippen LogP contribution < -0.4 is 4.74 Å². The summed E-state index contributed by atoms with van der Waals surface area (Å²) >= 11 is 1.68. The van der Waals surface area contributed by atoms with Gasteiger partial charge in [-0.05, 0) is 57.0 Å². The Morgan fingerprint density at radius 3 is 2.90 bits per heavy atom. The second-order valence-corrected chi connectivity index (χ2v) is 8.86. The van der Waals surface area contributed by atoms with Crippen LogP contribution in [0.5, 0.6) is 5.75 Å². The zero-order valence-corrected chi connectivity index (χ0v) is 18.3. The van der Waals surface area contributed by atoms with Crippen molar-refractivity contribution in [1.29, 1.82) is 0 Å². The molecule has 0 radical (unpaired) electrons. The summed E-state index contributed by atoms with van der Waals surface area (Å²) in [6.45, 7) is 4.86. The molecule has 3 heterocycles. The topological polar surface area (TPSA) is 68.5 Å². The number of ether oxygens (including phenoxy) is 1. The van der Waals surface area contributed by atoms with E-state index in [0.29, 0.717) is 17.9 Å². The number of rotatable bonds is 5. The summed E-state index contributed by atoms with van der Waals surface area (Å²) in [6, 6.07) is 15.5. The van der Waals surface area contributed by atoms with E-state index in [1.54, 1.807) is 11.3 Å². The van der Waals surface area contributed by atoms with Gasteiger partial charge in [0.15, 0.2) is 0 Å². The van der Waals surface area contributed by atoms with Crippen LogP contribution in [-0.2, 0) is 6.61 Å². The quantitative estimate of drug-likeness (QED) is 0.418. The molecule has 0 aliphatic carbocycles. The van der Waals surface area contributed by atoms with Crippen LogP contribution in [0, 0.1) is 13.8 Å². The van der Waals surface area contributed by atoms with Crippen LogP contribution in [0.1, 0.15) is 51.3 Å². The van der Waals surface area contributed by atoms with Gasteiger partial charge in [0.1, 0.15) is 23.1 Å². The molecule has 0 saturated carbocycles. The highest BCUT2D eigenvalue weighted by Crippen LogP contribution is 2.37. The first-order valence-corrected chi connectivity index (χ1v) is 11.2. The van der Waals surface area contributed by atoms with E-state index in [9.17, 15) is 4.79 Å². The summed E-state index contributed by atoms with van der Waals surface area (Å²) in [4.78, 5) is 20.1. The van der Waals surface area contributed by atoms with E-state index in [0.717, 1.165) is 51.6 Å². The lowest BCUT2D eigenvalue weighted by molar-refractivity contribution is 0.0735. The first-order valence-electron chi connectivity index (χ1n) is 10.4. The Bertz CT molecular complexity index is 1190. The number of benzene rings is 2. The fourth-order valence-corrected chi connectivity index (χ4v) is 5.16. The minimum atomic E-state index is 0.0181. The molecule has 1 atom stereocenters. The van der Waals surface area contributed by atoms with E-state index in [4.69, 9.17) is 14.2 Å². The third-order valence-electron chi connectivity index (χ3n) is 5.75. The van der Waals surface area contributed by atoms with Crippen LogP contribution in [0.3, 0.4) is 0 Å². The fraction of sp³-hybridized carbons (Fsp3) is 0.292. The van der Waals surface area contributed by atoms with Gasteiger partial charge in [0.05, 0.1) is 27.5 Å². The lowest BCUT2D eigenvalue weighted by Gasteiger charge is -2.23. The summed E-state index contributed by atoms with van der Waals surface area (Å²) in [5.74, 6) is 1.42. The van der Waals surface area contributed by atoms with Gasteiger partial charge in [-0.25, -0.2) is 4.98 Å². The second kappa shape index (κ2) is 8.15. The minimum absolute atomic E-state index is 0.0181. The molecule has 0 N–H and O–H groups in total. The molecule has 2 aromatic carbocycles. The molecule has 2 aromatic heterocycles. The summed E-state index contributed by atoms with van der Waals surface area (Å²) in [5, 5.41) is 4.97. The number of aryl methyl sites for hydroxylation is 2. The molecule has 1 aliphatic rings. The number of nitrogens with zero attached hydrogens (tertiary/aromatic N) is 3. The van der Waals surface area contributed by atoms with Crippen molar-refractivity contribution < 1.29 is 14.1 Å². The summed E-state index contributed by atoms with van der Waals surface area (Å²) in [6.07, 6.45) is 1.92. The molecule has 7 heteroatoms. The maximum atomic E-state index is 13.4. The van der Waals surface area contributed by atoms with Gasteiger partial charge in [0.25, 0.3) is 5.91 Å². The van der Waals surface area contributed by atoms with Crippen LogP contribution >= 0.6 is 11.3 Å². The van der Waals surface area contributed by atoms with Gasteiger partial charge in [0, 0.05) is 12.1 Å². The Morgan fingerprint density at radius 2 is 2.10 bits per heavy atom. The van der Waals surface area contributed by atoms with Crippen LogP contribution in [0.15, 0.2) is 53.1 Å². The van der Waals surface area contributed by atoms with Gasteiger partial charge < -0.3 is 14.2 Å². The van der Waals surface area contributed by atoms with E-state index in [1.165, 1.54) is 0 Å². The Kier molecular flexibility index (Phi) is 5.19. The van der Waals surface area contributed by atoms with Crippen molar-refractivity contribution in [3.05, 3.63) is 76.1 Å². The van der Waals surface area contributed by atoms with Crippen LogP contribution in [0.2, 0.25) is 0 Å². The van der Waals surface area contributed by atoms with Crippen molar-refractivity contribution in [3.8, 4) is 5.75 Å². The van der Waals surface area contributed by atoms with E-state index in [-0.39, 0.29) is 11.9 Å². The van der Waals surface area contributed by atoms with Gasteiger partial charge in [-0.1, -0.05) is 23.4 Å². The number of thiazole rings is 1. The molecule has 158 valence electrons. The van der Waals surface area contributed by atoms with Gasteiger partial charge in [-0.3, -0.25) is 4.79 Å². The average molecular weight is 434 g/mol. The van der Waals surface area contributed by atoms with Gasteiger partial charge in [-0.15, -0.1) is 11.3 Å². The maximum absolute atomic E-state index is 13.4. The first kappa shape index (κ1) is 19.8. The second-order valence-electron chi connectivity index (χ2n) is 7.80. The fourth-order valence-electron chi connectivity index (χ4n) is 4.05. The normalized spacial score (nSPS) is 16.2. The predicted molar refractivity (Wildman–Crippen MR) is 119 cm³/mol. The number of amides is 1. The number of hydrogen-bond acceptors (Lipinski definition) is 6. The number of carbonyl (C=O) groups excluding carboxylic acids is 1. The molecule has 1 aliphatic heterocycles. The van der Waals surface area contributed by atoms with Gasteiger partial charge in [-0.2, -0.15) is 0 Å². The third-order valence-corrected chi connectivity index (χ3v) is 6.89. The number of aromatic nitrogens is 2. The molecule has 1 fully saturated rings. The third kappa shape index (κ3) is 3.81. The van der Waals surface area contributed by atoms with E-state index in [1.807, 2.05) is 61.2 Å². The molecule has 1 amide bonds. The van der Waals surface area contributed by atoms with Crippen molar-refractivity contribution in [1.82, 2.24) is 15.0 Å². The highest BCUT2D eigenvalue weighted by Gasteiger charge is 2.33. The molecule has 4 aromatic rings. The Morgan fingerprint density at radius 1 is 1.23 bits per heavy atom. The highest BCUT2D eigenvalue weighted by molar-refractivity contribution is 7.18. The molecular weight excluding hydrogens is 410 g/mol. The molecule has 0 spiro atoms. The van der Waals surface area contributed by atoms with E-state index >= 15 is 0 Å². The smallest absolute Gasteiger partial charge is 0.254 e. The Balaban J connectivity index is 1.35. The van der Waals surface area contributed by atoms with Crippen molar-refractivity contribution in [2.24, 2.45) is 0 Å². The lowest BCUT2D eigenvalue weighted by atomic mass is 10.1. The largest absolute Gasteiger partial charge is 0.489 e. The van der Waals surface area contributed by atoms with Crippen LogP contribution in [-0.4, -0.2) is 27.5 Å². The van der Waals surface area contributed by atoms with Crippen LogP contribution in [0.25, 0.3) is 10.2 Å². The zero-order chi connectivity index (χ0) is 21.4. The van der Waals surface area contributed by atoms with Crippen molar-refractivity contribution >= 4 is 27.5 Å². The van der Waals surface area contributed by atoms with Crippen molar-refractivity contribution in [2.45, 2.75) is 39.3 Å². The average Bonchev–Trinajstić information content (AvgIpc) is 3.50. The lowest BCUT2D eigenvalue weighted by Crippen LogP contribution is -2.30. The SMILES string of the molecule is Cc1noc(C)c1COc1cccc(C(=O)N2CCC[C@H]2c2nc3ccccc3s2)c1. The number of hydrogen-bond donors (Lipinski definition) is 0. The van der Waals surface area contributed by atoms with E-state index < -0.39 is 0 Å². The molecule has 0 bridgehead atoms. The minimum Gasteiger partial charge on any atom is -0.489 e. The summed E-state index contributed by atoms with van der Waals surface area (Å²) in [7, 11) is 0. The maximum Gasteiger partial charge on any atom is 0.254 e. The molecule has 31 heavy (non-hydrogen) atoms. The Hall–Kier alpha value is -3.19. The van der Waals surface area contributed by atoms with Crippen molar-refractivity contribution in [2.75, 3.05) is 6.54 Å². The zero-order valence-electron chi connectivity index (χ0n) is 17.5. The Labute approximate surface area is 184 Å². The van der Waals surface area contributed by atoms with Gasteiger partial charge >= 0.3 is 0 Å². The highest BCUT2D eigenvalue weighted by atomic mass is 32.1. The standard InChI is InChI=1S/C24H23N3O3S/c1-15-19(16(2)30-26-15)14-29-18-8-5-7-17(13-18)24(28)27-12-6-10-21(27)23-25-20-9-3-4-11-22(20)31-23/h3-5,7-9,11,13,21H,6,10,12,14H2,1-2H3/t21-/m0/s1. The number of fused-ring (bicyclic) bond motifs is 1. The molecule has 5 rings (SSSR count). The number of carbonyl (C=O) groups is 1. The summed E-state index contributed by atoms with van der Waals surface area (Å²) < 4.78 is 12.3. The molecule has 0 unspecified atom stereocenters. The molecule has 1 saturated heterocycles. The predicted octanol–water partition coefficient (Wildman–Crippen LogP) is 5.46. The van der Waals surface area contributed by atoms with Crippen LogP contribution in [0.4, 0.5) is 0 Å².